The fraction of sp³-hybridized carbons (Fsp3) is 0.714. The Hall–Kier alpha value is -0.560. The van der Waals surface area contributed by atoms with Gasteiger partial charge in [-0.25, -0.2) is 0 Å². The zero-order valence-electron chi connectivity index (χ0n) is 10.6. The van der Waals surface area contributed by atoms with Crippen LogP contribution < -0.4 is 0 Å². The van der Waals surface area contributed by atoms with Gasteiger partial charge in [-0.3, -0.25) is 0 Å². The van der Waals surface area contributed by atoms with E-state index < -0.39 is 0 Å². The third-order valence-corrected chi connectivity index (χ3v) is 3.90. The second-order valence-corrected chi connectivity index (χ2v) is 5.51. The van der Waals surface area contributed by atoms with Crippen molar-refractivity contribution in [2.45, 2.75) is 40.7 Å². The van der Waals surface area contributed by atoms with E-state index >= 15 is 0 Å². The van der Waals surface area contributed by atoms with Crippen LogP contribution in [0.5, 0.6) is 0 Å². The average molecular weight is 208 g/mol. The number of allylic oxidation sites excluding steroid dienone is 3. The van der Waals surface area contributed by atoms with Gasteiger partial charge in [-0.1, -0.05) is 52.0 Å². The van der Waals surface area contributed by atoms with E-state index in [1.54, 1.807) is 6.92 Å². The van der Waals surface area contributed by atoms with Gasteiger partial charge in [-0.2, -0.15) is 0 Å². The molecule has 0 aliphatic heterocycles. The van der Waals surface area contributed by atoms with Crippen LogP contribution in [0.1, 0.15) is 34.6 Å². The maximum Gasteiger partial charge on any atom is 0.0692 e. The van der Waals surface area contributed by atoms with Gasteiger partial charge in [0, 0.05) is 0 Å². The highest BCUT2D eigenvalue weighted by Crippen LogP contribution is 2.44. The summed E-state index contributed by atoms with van der Waals surface area (Å²) in [5.74, 6) is 1.68. The Bertz CT molecular complexity index is 261. The highest BCUT2D eigenvalue weighted by molar-refractivity contribution is 5.12. The lowest BCUT2D eigenvalue weighted by molar-refractivity contribution is 0.145. The summed E-state index contributed by atoms with van der Waals surface area (Å²) >= 11 is 0. The lowest BCUT2D eigenvalue weighted by atomic mass is 9.62. The Morgan fingerprint density at radius 2 is 1.87 bits per heavy atom. The topological polar surface area (TPSA) is 20.2 Å². The molecule has 0 bridgehead atoms. The van der Waals surface area contributed by atoms with Gasteiger partial charge in [0.15, 0.2) is 0 Å². The first-order chi connectivity index (χ1) is 6.85. The molecule has 1 heteroatoms. The summed E-state index contributed by atoms with van der Waals surface area (Å²) in [4.78, 5) is 0. The van der Waals surface area contributed by atoms with Crippen molar-refractivity contribution in [1.29, 1.82) is 0 Å². The average Bonchev–Trinajstić information content (AvgIpc) is 2.11. The van der Waals surface area contributed by atoms with Crippen molar-refractivity contribution in [3.05, 3.63) is 24.3 Å². The maximum atomic E-state index is 9.30. The molecule has 1 aliphatic carbocycles. The van der Waals surface area contributed by atoms with Crippen molar-refractivity contribution in [3.8, 4) is 0 Å². The summed E-state index contributed by atoms with van der Waals surface area (Å²) in [6.45, 7) is 11.0. The van der Waals surface area contributed by atoms with Crippen LogP contribution in [0.4, 0.5) is 0 Å². The molecule has 0 amide bonds. The summed E-state index contributed by atoms with van der Waals surface area (Å²) in [5, 5.41) is 9.30. The van der Waals surface area contributed by atoms with Gasteiger partial charge in [-0.15, -0.1) is 0 Å². The molecule has 0 saturated carbocycles. The lowest BCUT2D eigenvalue weighted by Crippen LogP contribution is -2.35. The van der Waals surface area contributed by atoms with Gasteiger partial charge in [0.25, 0.3) is 0 Å². The first-order valence-electron chi connectivity index (χ1n) is 5.90. The molecule has 1 N–H and O–H groups in total. The quantitative estimate of drug-likeness (QED) is 0.689. The third kappa shape index (κ3) is 2.72. The molecule has 0 fully saturated rings. The van der Waals surface area contributed by atoms with Crippen LogP contribution in [0.3, 0.4) is 0 Å². The Labute approximate surface area is 93.9 Å². The highest BCUT2D eigenvalue weighted by atomic mass is 16.3. The minimum Gasteiger partial charge on any atom is -0.389 e. The maximum absolute atomic E-state index is 9.30. The van der Waals surface area contributed by atoms with E-state index in [4.69, 9.17) is 0 Å². The van der Waals surface area contributed by atoms with E-state index in [9.17, 15) is 5.11 Å². The van der Waals surface area contributed by atoms with E-state index in [0.717, 1.165) is 0 Å². The Balaban J connectivity index is 2.89. The number of hydrogen-bond acceptors (Lipinski definition) is 1. The minimum atomic E-state index is -0.339. The number of aliphatic hydroxyl groups is 1. The van der Waals surface area contributed by atoms with E-state index in [1.807, 2.05) is 6.08 Å². The molecule has 0 aromatic carbocycles. The highest BCUT2D eigenvalue weighted by Gasteiger charge is 2.37. The molecule has 1 nitrogen and oxygen atoms in total. The lowest BCUT2D eigenvalue weighted by Gasteiger charge is -2.43. The molecule has 86 valence electrons. The van der Waals surface area contributed by atoms with Crippen molar-refractivity contribution in [2.24, 2.45) is 23.2 Å². The predicted octanol–water partition coefficient (Wildman–Crippen LogP) is 3.41. The molecule has 0 aromatic heterocycles. The van der Waals surface area contributed by atoms with Crippen LogP contribution in [0.2, 0.25) is 0 Å². The summed E-state index contributed by atoms with van der Waals surface area (Å²) in [6, 6.07) is 0. The van der Waals surface area contributed by atoms with Crippen molar-refractivity contribution in [3.63, 3.8) is 0 Å². The number of rotatable bonds is 2. The summed E-state index contributed by atoms with van der Waals surface area (Å²) in [6.07, 6.45) is 8.38. The molecule has 0 radical (unpaired) electrons. The van der Waals surface area contributed by atoms with Gasteiger partial charge >= 0.3 is 0 Å². The van der Waals surface area contributed by atoms with Crippen molar-refractivity contribution in [2.75, 3.05) is 0 Å². The molecule has 0 heterocycles. The zero-order chi connectivity index (χ0) is 11.6. The molecule has 4 unspecified atom stereocenters. The van der Waals surface area contributed by atoms with Crippen molar-refractivity contribution < 1.29 is 5.11 Å². The standard InChI is InChI=1S/C14H24O/c1-10-6-7-11(2)14(4,5)13(10)9-8-12(3)15/h6-13,15H,1-5H3/b9-8+. The summed E-state index contributed by atoms with van der Waals surface area (Å²) in [5.41, 5.74) is 0.277. The largest absolute Gasteiger partial charge is 0.389 e. The molecule has 4 atom stereocenters. The van der Waals surface area contributed by atoms with E-state index in [1.165, 1.54) is 0 Å². The van der Waals surface area contributed by atoms with Crippen molar-refractivity contribution >= 4 is 0 Å². The van der Waals surface area contributed by atoms with Gasteiger partial charge in [0.2, 0.25) is 0 Å². The molecular weight excluding hydrogens is 184 g/mol. The Kier molecular flexibility index (Phi) is 3.77. The van der Waals surface area contributed by atoms with Crippen LogP contribution in [0.15, 0.2) is 24.3 Å². The SMILES string of the molecule is CC(O)/C=C/C1C(C)C=CC(C)C1(C)C. The zero-order valence-corrected chi connectivity index (χ0v) is 10.6. The first kappa shape index (κ1) is 12.5. The van der Waals surface area contributed by atoms with Gasteiger partial charge < -0.3 is 5.11 Å². The first-order valence-corrected chi connectivity index (χ1v) is 5.90. The fourth-order valence-electron chi connectivity index (χ4n) is 2.39. The molecule has 15 heavy (non-hydrogen) atoms. The molecule has 1 aliphatic rings. The van der Waals surface area contributed by atoms with Gasteiger partial charge in [0.05, 0.1) is 6.10 Å². The van der Waals surface area contributed by atoms with E-state index in [0.29, 0.717) is 17.8 Å². The minimum absolute atomic E-state index is 0.277. The normalized spacial score (nSPS) is 37.1. The smallest absolute Gasteiger partial charge is 0.0692 e. The second-order valence-electron chi connectivity index (χ2n) is 5.51. The molecule has 0 spiro atoms. The van der Waals surface area contributed by atoms with Crippen LogP contribution in [-0.2, 0) is 0 Å². The Morgan fingerprint density at radius 3 is 2.40 bits per heavy atom. The van der Waals surface area contributed by atoms with Crippen LogP contribution in [-0.4, -0.2) is 11.2 Å². The van der Waals surface area contributed by atoms with Crippen LogP contribution >= 0.6 is 0 Å². The fourth-order valence-corrected chi connectivity index (χ4v) is 2.39. The second kappa shape index (κ2) is 4.52. The van der Waals surface area contributed by atoms with E-state index in [2.05, 4.69) is 45.9 Å². The molecule has 1 rings (SSSR count). The molecular formula is C14H24O. The number of aliphatic hydroxyl groups excluding tert-OH is 1. The van der Waals surface area contributed by atoms with Gasteiger partial charge in [-0.05, 0) is 30.1 Å². The summed E-state index contributed by atoms with van der Waals surface area (Å²) in [7, 11) is 0. The molecule has 0 aromatic rings. The number of hydrogen-bond donors (Lipinski definition) is 1. The van der Waals surface area contributed by atoms with Crippen molar-refractivity contribution in [1.82, 2.24) is 0 Å². The summed E-state index contributed by atoms with van der Waals surface area (Å²) < 4.78 is 0. The predicted molar refractivity (Wildman–Crippen MR) is 65.6 cm³/mol. The Morgan fingerprint density at radius 1 is 1.27 bits per heavy atom. The van der Waals surface area contributed by atoms with Crippen LogP contribution in [0.25, 0.3) is 0 Å². The van der Waals surface area contributed by atoms with E-state index in [-0.39, 0.29) is 11.5 Å². The molecule has 0 saturated heterocycles. The van der Waals surface area contributed by atoms with Crippen LogP contribution in [0, 0.1) is 23.2 Å². The monoisotopic (exact) mass is 208 g/mol. The third-order valence-electron chi connectivity index (χ3n) is 3.90. The van der Waals surface area contributed by atoms with Gasteiger partial charge in [0.1, 0.15) is 0 Å².